The van der Waals surface area contributed by atoms with Crippen LogP contribution in [0, 0.1) is 5.92 Å². The lowest BCUT2D eigenvalue weighted by molar-refractivity contribution is 0.0712. The second-order valence-electron chi connectivity index (χ2n) is 8.61. The number of hydrogen-bond acceptors (Lipinski definition) is 4. The Kier molecular flexibility index (Phi) is 6.46. The van der Waals surface area contributed by atoms with Crippen LogP contribution in [-0.4, -0.2) is 39.0 Å². The van der Waals surface area contributed by atoms with Gasteiger partial charge in [0.05, 0.1) is 19.2 Å². The molecule has 2 aromatic heterocycles. The van der Waals surface area contributed by atoms with Gasteiger partial charge in [0.2, 0.25) is 0 Å². The summed E-state index contributed by atoms with van der Waals surface area (Å²) in [6, 6.07) is 9.43. The van der Waals surface area contributed by atoms with Gasteiger partial charge in [-0.2, -0.15) is 0 Å². The average molecular weight is 441 g/mol. The zero-order chi connectivity index (χ0) is 22.0. The first-order valence-corrected chi connectivity index (χ1v) is 11.3. The van der Waals surface area contributed by atoms with Crippen molar-refractivity contribution in [1.82, 2.24) is 19.4 Å². The van der Waals surface area contributed by atoms with E-state index in [0.29, 0.717) is 41.4 Å². The summed E-state index contributed by atoms with van der Waals surface area (Å²) in [5.74, 6) is 1.60. The molecule has 0 spiro atoms. The number of ether oxygens (including phenoxy) is 1. The summed E-state index contributed by atoms with van der Waals surface area (Å²) < 4.78 is 7.70. The minimum absolute atomic E-state index is 0.106. The van der Waals surface area contributed by atoms with Crippen LogP contribution in [0.1, 0.15) is 61.8 Å². The fourth-order valence-corrected chi connectivity index (χ4v) is 4.65. The minimum atomic E-state index is -0.106. The van der Waals surface area contributed by atoms with E-state index in [2.05, 4.69) is 23.4 Å². The molecule has 0 saturated heterocycles. The maximum Gasteiger partial charge on any atom is 0.258 e. The molecule has 1 fully saturated rings. The lowest BCUT2D eigenvalue weighted by Gasteiger charge is -2.26. The fraction of sp³-hybridized carbons (Fsp3) is 0.458. The standard InChI is InChI=1S/C24H29ClN4O2/c1-16(2)14-28(24(30)19-13-17(25)10-11-21(19)31-3)15-22-27-20-9-6-12-26-23(20)29(22)18-7-4-5-8-18/h6,9-13,16,18H,4-5,7-8,14-15H2,1-3H3. The molecule has 0 aliphatic heterocycles. The number of carbonyl (C=O) groups is 1. The summed E-state index contributed by atoms with van der Waals surface area (Å²) in [7, 11) is 1.57. The van der Waals surface area contributed by atoms with Crippen molar-refractivity contribution in [2.24, 2.45) is 5.92 Å². The molecular formula is C24H29ClN4O2. The van der Waals surface area contributed by atoms with Crippen molar-refractivity contribution in [1.29, 1.82) is 0 Å². The zero-order valence-electron chi connectivity index (χ0n) is 18.3. The molecule has 0 N–H and O–H groups in total. The molecule has 6 nitrogen and oxygen atoms in total. The van der Waals surface area contributed by atoms with Gasteiger partial charge in [0.25, 0.3) is 5.91 Å². The molecular weight excluding hydrogens is 412 g/mol. The van der Waals surface area contributed by atoms with E-state index in [1.165, 1.54) is 12.8 Å². The van der Waals surface area contributed by atoms with E-state index in [1.807, 2.05) is 23.2 Å². The largest absolute Gasteiger partial charge is 0.496 e. The van der Waals surface area contributed by atoms with E-state index in [0.717, 1.165) is 29.8 Å². The van der Waals surface area contributed by atoms with Crippen molar-refractivity contribution in [2.75, 3.05) is 13.7 Å². The van der Waals surface area contributed by atoms with E-state index < -0.39 is 0 Å². The van der Waals surface area contributed by atoms with Gasteiger partial charge in [-0.1, -0.05) is 38.3 Å². The Bertz CT molecular complexity index is 1070. The maximum absolute atomic E-state index is 13.6. The van der Waals surface area contributed by atoms with Crippen molar-refractivity contribution >= 4 is 28.7 Å². The Morgan fingerprint density at radius 2 is 2.06 bits per heavy atom. The molecule has 7 heteroatoms. The summed E-state index contributed by atoms with van der Waals surface area (Å²) in [6.45, 7) is 5.24. The molecule has 3 aromatic rings. The van der Waals surface area contributed by atoms with Gasteiger partial charge in [-0.05, 0) is 49.1 Å². The highest BCUT2D eigenvalue weighted by atomic mass is 35.5. The molecule has 0 atom stereocenters. The van der Waals surface area contributed by atoms with Gasteiger partial charge in [-0.25, -0.2) is 9.97 Å². The number of imidazole rings is 1. The maximum atomic E-state index is 13.6. The van der Waals surface area contributed by atoms with Crippen LogP contribution < -0.4 is 4.74 Å². The van der Waals surface area contributed by atoms with E-state index in [9.17, 15) is 4.79 Å². The number of rotatable bonds is 7. The first kappa shape index (κ1) is 21.6. The van der Waals surface area contributed by atoms with Crippen LogP contribution in [0.15, 0.2) is 36.5 Å². The summed E-state index contributed by atoms with van der Waals surface area (Å²) in [6.07, 6.45) is 6.48. The second-order valence-corrected chi connectivity index (χ2v) is 9.04. The summed E-state index contributed by atoms with van der Waals surface area (Å²) in [5, 5.41) is 0.510. The highest BCUT2D eigenvalue weighted by molar-refractivity contribution is 6.31. The highest BCUT2D eigenvalue weighted by Gasteiger charge is 2.27. The molecule has 0 unspecified atom stereocenters. The number of hydrogen-bond donors (Lipinski definition) is 0. The average Bonchev–Trinajstić information content (AvgIpc) is 3.39. The fourth-order valence-electron chi connectivity index (χ4n) is 4.48. The number of benzene rings is 1. The molecule has 4 rings (SSSR count). The normalized spacial score (nSPS) is 14.5. The van der Waals surface area contributed by atoms with Gasteiger partial charge in [0.1, 0.15) is 17.1 Å². The predicted molar refractivity (Wildman–Crippen MR) is 123 cm³/mol. The van der Waals surface area contributed by atoms with Crippen molar-refractivity contribution in [2.45, 2.75) is 52.1 Å². The first-order valence-electron chi connectivity index (χ1n) is 10.9. The van der Waals surface area contributed by atoms with Gasteiger partial charge in [-0.3, -0.25) is 4.79 Å². The lowest BCUT2D eigenvalue weighted by Crippen LogP contribution is -2.35. The van der Waals surface area contributed by atoms with E-state index >= 15 is 0 Å². The number of fused-ring (bicyclic) bond motifs is 1. The van der Waals surface area contributed by atoms with Gasteiger partial charge in [0, 0.05) is 23.8 Å². The van der Waals surface area contributed by atoms with Crippen molar-refractivity contribution < 1.29 is 9.53 Å². The molecule has 31 heavy (non-hydrogen) atoms. The van der Waals surface area contributed by atoms with Crippen LogP contribution >= 0.6 is 11.6 Å². The molecule has 1 aliphatic rings. The Balaban J connectivity index is 1.74. The highest BCUT2D eigenvalue weighted by Crippen LogP contribution is 2.34. The van der Waals surface area contributed by atoms with Gasteiger partial charge >= 0.3 is 0 Å². The molecule has 1 aliphatic carbocycles. The predicted octanol–water partition coefficient (Wildman–Crippen LogP) is 5.51. The number of carbonyl (C=O) groups excluding carboxylic acids is 1. The van der Waals surface area contributed by atoms with Crippen LogP contribution in [-0.2, 0) is 6.54 Å². The molecule has 0 bridgehead atoms. The molecule has 1 amide bonds. The van der Waals surface area contributed by atoms with Gasteiger partial charge < -0.3 is 14.2 Å². The number of aromatic nitrogens is 3. The van der Waals surface area contributed by atoms with Crippen molar-refractivity contribution in [3.63, 3.8) is 0 Å². The molecule has 164 valence electrons. The third-order valence-electron chi connectivity index (χ3n) is 5.81. The summed E-state index contributed by atoms with van der Waals surface area (Å²) in [4.78, 5) is 25.0. The van der Waals surface area contributed by atoms with Crippen LogP contribution in [0.2, 0.25) is 5.02 Å². The minimum Gasteiger partial charge on any atom is -0.496 e. The Hall–Kier alpha value is -2.60. The van der Waals surface area contributed by atoms with Crippen molar-refractivity contribution in [3.8, 4) is 5.75 Å². The first-order chi connectivity index (χ1) is 15.0. The van der Waals surface area contributed by atoms with E-state index in [4.69, 9.17) is 21.3 Å². The topological polar surface area (TPSA) is 60.2 Å². The third-order valence-corrected chi connectivity index (χ3v) is 6.04. The number of nitrogens with zero attached hydrogens (tertiary/aromatic N) is 4. The van der Waals surface area contributed by atoms with Gasteiger partial charge in [-0.15, -0.1) is 0 Å². The van der Waals surface area contributed by atoms with Gasteiger partial charge in [0.15, 0.2) is 5.65 Å². The van der Waals surface area contributed by atoms with Crippen LogP contribution in [0.25, 0.3) is 11.2 Å². The summed E-state index contributed by atoms with van der Waals surface area (Å²) in [5.41, 5.74) is 2.25. The second kappa shape index (κ2) is 9.27. The number of pyridine rings is 1. The monoisotopic (exact) mass is 440 g/mol. The Labute approximate surface area is 188 Å². The molecule has 0 radical (unpaired) electrons. The number of halogens is 1. The summed E-state index contributed by atoms with van der Waals surface area (Å²) >= 11 is 6.20. The van der Waals surface area contributed by atoms with E-state index in [-0.39, 0.29) is 5.91 Å². The van der Waals surface area contributed by atoms with Crippen LogP contribution in [0.3, 0.4) is 0 Å². The number of methoxy groups -OCH3 is 1. The molecule has 1 aromatic carbocycles. The Morgan fingerprint density at radius 1 is 1.29 bits per heavy atom. The van der Waals surface area contributed by atoms with Crippen LogP contribution in [0.4, 0.5) is 0 Å². The smallest absolute Gasteiger partial charge is 0.258 e. The van der Waals surface area contributed by atoms with Crippen LogP contribution in [0.5, 0.6) is 5.75 Å². The molecule has 2 heterocycles. The molecule has 1 saturated carbocycles. The SMILES string of the molecule is COc1ccc(Cl)cc1C(=O)N(Cc1nc2cccnc2n1C1CCCC1)CC(C)C. The van der Waals surface area contributed by atoms with Crippen molar-refractivity contribution in [3.05, 3.63) is 52.9 Å². The quantitative estimate of drug-likeness (QED) is 0.486. The third kappa shape index (κ3) is 4.54. The number of amides is 1. The van der Waals surface area contributed by atoms with E-state index in [1.54, 1.807) is 25.3 Å². The zero-order valence-corrected chi connectivity index (χ0v) is 19.1. The lowest BCUT2D eigenvalue weighted by atomic mass is 10.1. The Morgan fingerprint density at radius 3 is 2.77 bits per heavy atom.